The Kier molecular flexibility index (Phi) is 11.2. The van der Waals surface area contributed by atoms with Gasteiger partial charge in [-0.15, -0.1) is 0 Å². The van der Waals surface area contributed by atoms with Crippen molar-refractivity contribution >= 4 is 34.6 Å². The molecule has 0 radical (unpaired) electrons. The number of carbonyl (C=O) groups is 3. The molecule has 3 atom stereocenters. The zero-order valence-corrected chi connectivity index (χ0v) is 28.5. The number of alkyl carbamates (subject to hydrolysis) is 1. The second-order valence-corrected chi connectivity index (χ2v) is 13.1. The van der Waals surface area contributed by atoms with Crippen LogP contribution in [0.2, 0.25) is 0 Å². The van der Waals surface area contributed by atoms with Crippen molar-refractivity contribution in [1.29, 1.82) is 0 Å². The zero-order valence-electron chi connectivity index (χ0n) is 28.5. The second-order valence-electron chi connectivity index (χ2n) is 13.1. The number of aromatic nitrogens is 1. The molecule has 0 bridgehead atoms. The molecule has 1 saturated carbocycles. The number of benzene rings is 3. The van der Waals surface area contributed by atoms with Crippen LogP contribution >= 0.6 is 0 Å². The smallest absolute Gasteiger partial charge is 0.408 e. The van der Waals surface area contributed by atoms with Crippen molar-refractivity contribution in [2.45, 2.75) is 71.1 Å². The summed E-state index contributed by atoms with van der Waals surface area (Å²) in [6.45, 7) is 7.46. The van der Waals surface area contributed by atoms with Gasteiger partial charge in [-0.05, 0) is 94.5 Å². The number of esters is 1. The molecule has 11 heteroatoms. The fourth-order valence-electron chi connectivity index (χ4n) is 5.51. The summed E-state index contributed by atoms with van der Waals surface area (Å²) >= 11 is 0. The standard InChI is InChI=1S/C38H43N3O8/c1-24-11-14-28(21-24)48-36(43)30(41-37(44)49-38(2,3)4)18-20-46-34-23-31-29(22-33(34)45-5)32(17-19-39-31)47-27-15-12-26(13-16-27)40-35(42)25-9-7-6-8-10-25/h6-10,12-13,15-17,19,22-24,28,30H,11,14,18,20-21H2,1-5H3,(H,40,42)(H,41,44)/t24?,28?,30-/m0/s1. The Balaban J connectivity index is 1.25. The third kappa shape index (κ3) is 9.85. The van der Waals surface area contributed by atoms with Crippen molar-refractivity contribution in [3.8, 4) is 23.0 Å². The van der Waals surface area contributed by atoms with Crippen LogP contribution in [-0.4, -0.2) is 54.4 Å². The lowest BCUT2D eigenvalue weighted by atomic mass is 10.1. The van der Waals surface area contributed by atoms with Gasteiger partial charge >= 0.3 is 12.1 Å². The molecule has 0 spiro atoms. The Labute approximate surface area is 286 Å². The Morgan fingerprint density at radius 2 is 1.69 bits per heavy atom. The average Bonchev–Trinajstić information content (AvgIpc) is 3.48. The van der Waals surface area contributed by atoms with Crippen molar-refractivity contribution < 1.29 is 38.1 Å². The summed E-state index contributed by atoms with van der Waals surface area (Å²) < 4.78 is 29.1. The van der Waals surface area contributed by atoms with Crippen LogP contribution in [0, 0.1) is 5.92 Å². The largest absolute Gasteiger partial charge is 0.493 e. The van der Waals surface area contributed by atoms with Gasteiger partial charge in [0.1, 0.15) is 29.2 Å². The lowest BCUT2D eigenvalue weighted by molar-refractivity contribution is -0.151. The number of pyridine rings is 1. The third-order valence-corrected chi connectivity index (χ3v) is 7.93. The van der Waals surface area contributed by atoms with Crippen LogP contribution < -0.4 is 24.8 Å². The molecule has 0 saturated heterocycles. The SMILES string of the molecule is COc1cc2c(Oc3ccc(NC(=O)c4ccccc4)cc3)ccnc2cc1OCC[C@H](NC(=O)OC(C)(C)C)C(=O)OC1CCC(C)C1. The first-order valence-electron chi connectivity index (χ1n) is 16.4. The van der Waals surface area contributed by atoms with Crippen LogP contribution in [-0.2, 0) is 14.3 Å². The van der Waals surface area contributed by atoms with E-state index < -0.39 is 23.7 Å². The summed E-state index contributed by atoms with van der Waals surface area (Å²) in [4.78, 5) is 42.7. The molecular weight excluding hydrogens is 626 g/mol. The van der Waals surface area contributed by atoms with Crippen molar-refractivity contribution in [2.24, 2.45) is 5.92 Å². The number of anilines is 1. The lowest BCUT2D eigenvalue weighted by Gasteiger charge is -2.24. The minimum absolute atomic E-state index is 0.0713. The number of methoxy groups -OCH3 is 1. The van der Waals surface area contributed by atoms with E-state index in [-0.39, 0.29) is 25.0 Å². The molecule has 4 aromatic rings. The summed E-state index contributed by atoms with van der Waals surface area (Å²) in [7, 11) is 1.53. The predicted octanol–water partition coefficient (Wildman–Crippen LogP) is 7.68. The van der Waals surface area contributed by atoms with Crippen molar-refractivity contribution in [3.63, 3.8) is 0 Å². The molecule has 1 heterocycles. The molecule has 2 N–H and O–H groups in total. The van der Waals surface area contributed by atoms with E-state index >= 15 is 0 Å². The maximum absolute atomic E-state index is 13.1. The van der Waals surface area contributed by atoms with Crippen LogP contribution in [0.4, 0.5) is 10.5 Å². The van der Waals surface area contributed by atoms with Gasteiger partial charge in [-0.3, -0.25) is 9.78 Å². The minimum atomic E-state index is -0.964. The van der Waals surface area contributed by atoms with Gasteiger partial charge in [0.15, 0.2) is 11.5 Å². The van der Waals surface area contributed by atoms with E-state index in [9.17, 15) is 14.4 Å². The quantitative estimate of drug-likeness (QED) is 0.146. The molecule has 1 aliphatic rings. The minimum Gasteiger partial charge on any atom is -0.493 e. The van der Waals surface area contributed by atoms with Gasteiger partial charge in [0.2, 0.25) is 0 Å². The van der Waals surface area contributed by atoms with E-state index in [1.165, 1.54) is 7.11 Å². The molecule has 2 amide bonds. The van der Waals surface area contributed by atoms with Gasteiger partial charge in [0.05, 0.1) is 19.2 Å². The number of nitrogens with zero attached hydrogens (tertiary/aromatic N) is 1. The Morgan fingerprint density at radius 3 is 2.37 bits per heavy atom. The number of fused-ring (bicyclic) bond motifs is 1. The van der Waals surface area contributed by atoms with E-state index in [4.69, 9.17) is 23.7 Å². The molecule has 0 aliphatic heterocycles. The molecular formula is C38H43N3O8. The summed E-state index contributed by atoms with van der Waals surface area (Å²) in [5.41, 5.74) is 1.07. The van der Waals surface area contributed by atoms with Crippen molar-refractivity contribution in [3.05, 3.63) is 84.6 Å². The van der Waals surface area contributed by atoms with Gasteiger partial charge in [-0.2, -0.15) is 0 Å². The number of ether oxygens (including phenoxy) is 5. The summed E-state index contributed by atoms with van der Waals surface area (Å²) in [6.07, 6.45) is 3.48. The maximum Gasteiger partial charge on any atom is 0.408 e. The number of rotatable bonds is 12. The highest BCUT2D eigenvalue weighted by Crippen LogP contribution is 2.37. The van der Waals surface area contributed by atoms with Crippen LogP contribution in [0.15, 0.2) is 79.0 Å². The van der Waals surface area contributed by atoms with Gasteiger partial charge < -0.3 is 34.3 Å². The molecule has 1 fully saturated rings. The Hall–Kier alpha value is -5.32. The number of amides is 2. The third-order valence-electron chi connectivity index (χ3n) is 7.93. The normalized spacial score (nSPS) is 16.3. The first-order valence-corrected chi connectivity index (χ1v) is 16.4. The van der Waals surface area contributed by atoms with Crippen LogP contribution in [0.1, 0.15) is 63.7 Å². The Morgan fingerprint density at radius 1 is 0.939 bits per heavy atom. The van der Waals surface area contributed by atoms with Crippen molar-refractivity contribution in [1.82, 2.24) is 10.3 Å². The first-order chi connectivity index (χ1) is 23.5. The average molecular weight is 670 g/mol. The predicted molar refractivity (Wildman–Crippen MR) is 185 cm³/mol. The molecule has 1 aromatic heterocycles. The van der Waals surface area contributed by atoms with E-state index in [1.807, 2.05) is 18.2 Å². The number of carbonyl (C=O) groups excluding carboxylic acids is 3. The summed E-state index contributed by atoms with van der Waals surface area (Å²) in [5, 5.41) is 6.22. The highest BCUT2D eigenvalue weighted by atomic mass is 16.6. The second kappa shape index (κ2) is 15.7. The first kappa shape index (κ1) is 35.0. The van der Waals surface area contributed by atoms with Gasteiger partial charge in [-0.25, -0.2) is 9.59 Å². The summed E-state index contributed by atoms with van der Waals surface area (Å²) in [5.74, 6) is 1.71. The highest BCUT2D eigenvalue weighted by molar-refractivity contribution is 6.04. The molecule has 1 aliphatic carbocycles. The molecule has 2 unspecified atom stereocenters. The fraction of sp³-hybridized carbons (Fsp3) is 0.368. The van der Waals surface area contributed by atoms with E-state index in [0.717, 1.165) is 19.3 Å². The van der Waals surface area contributed by atoms with Crippen molar-refractivity contribution in [2.75, 3.05) is 19.0 Å². The fourth-order valence-corrected chi connectivity index (χ4v) is 5.51. The van der Waals surface area contributed by atoms with Gasteiger partial charge in [-0.1, -0.05) is 25.1 Å². The van der Waals surface area contributed by atoms with E-state index in [1.54, 1.807) is 81.6 Å². The summed E-state index contributed by atoms with van der Waals surface area (Å²) in [6, 6.07) is 20.3. The topological polar surface area (TPSA) is 134 Å². The van der Waals surface area contributed by atoms with Crippen LogP contribution in [0.3, 0.4) is 0 Å². The van der Waals surface area contributed by atoms with Crippen LogP contribution in [0.25, 0.3) is 10.9 Å². The molecule has 5 rings (SSSR count). The number of hydrogen-bond acceptors (Lipinski definition) is 9. The van der Waals surface area contributed by atoms with E-state index in [2.05, 4.69) is 22.5 Å². The molecule has 3 aromatic carbocycles. The Bertz CT molecular complexity index is 1760. The van der Waals surface area contributed by atoms with Crippen LogP contribution in [0.5, 0.6) is 23.0 Å². The zero-order chi connectivity index (χ0) is 35.0. The number of hydrogen-bond donors (Lipinski definition) is 2. The highest BCUT2D eigenvalue weighted by Gasteiger charge is 2.30. The van der Waals surface area contributed by atoms with E-state index in [0.29, 0.717) is 51.1 Å². The van der Waals surface area contributed by atoms with Gasteiger partial charge in [0.25, 0.3) is 5.91 Å². The monoisotopic (exact) mass is 669 g/mol. The molecule has 49 heavy (non-hydrogen) atoms. The lowest BCUT2D eigenvalue weighted by Crippen LogP contribution is -2.45. The molecule has 258 valence electrons. The van der Waals surface area contributed by atoms with Gasteiger partial charge in [0, 0.05) is 35.3 Å². The number of nitrogens with one attached hydrogen (secondary N) is 2. The molecule has 11 nitrogen and oxygen atoms in total. The maximum atomic E-state index is 13.1.